The minimum absolute atomic E-state index is 0.0514. The molecule has 0 saturated heterocycles. The lowest BCUT2D eigenvalue weighted by Crippen LogP contribution is -2.47. The van der Waals surface area contributed by atoms with Crippen molar-refractivity contribution in [3.8, 4) is 5.75 Å². The summed E-state index contributed by atoms with van der Waals surface area (Å²) >= 11 is 0. The number of hydrogen-bond donors (Lipinski definition) is 3. The van der Waals surface area contributed by atoms with Gasteiger partial charge in [0, 0.05) is 25.0 Å². The molecule has 2 amide bonds. The summed E-state index contributed by atoms with van der Waals surface area (Å²) in [5.74, 6) is -0.228. The standard InChI is InChI=1S/C23H32F3N3O3/c24-23(25,26)32-18-5-3-4-16(12-18)14-28-21(30)13-15-8-10-17(11-9-15)29-22(31)19-6-1-2-7-20(19)27/h3-5,12,15,17,19-20H,1-2,6-11,13-14,27H2,(H,28,30)(H,29,31)/t15?,17?,19-,20+/m0/s1. The molecule has 0 aliphatic heterocycles. The Morgan fingerprint density at radius 2 is 1.78 bits per heavy atom. The van der Waals surface area contributed by atoms with E-state index in [4.69, 9.17) is 5.73 Å². The summed E-state index contributed by atoms with van der Waals surface area (Å²) in [6.07, 6.45) is 2.89. The van der Waals surface area contributed by atoms with E-state index in [0.717, 1.165) is 51.4 Å². The molecule has 0 heterocycles. The highest BCUT2D eigenvalue weighted by molar-refractivity contribution is 5.79. The maximum absolute atomic E-state index is 12.5. The lowest BCUT2D eigenvalue weighted by Gasteiger charge is -2.32. The second kappa shape index (κ2) is 11.0. The van der Waals surface area contributed by atoms with Crippen molar-refractivity contribution >= 4 is 11.8 Å². The number of ether oxygens (including phenoxy) is 1. The largest absolute Gasteiger partial charge is 0.573 e. The zero-order valence-electron chi connectivity index (χ0n) is 18.1. The summed E-state index contributed by atoms with van der Waals surface area (Å²) in [5, 5.41) is 5.92. The van der Waals surface area contributed by atoms with Crippen molar-refractivity contribution in [2.45, 2.75) is 82.8 Å². The first-order chi connectivity index (χ1) is 15.2. The van der Waals surface area contributed by atoms with Gasteiger partial charge in [0.05, 0.1) is 5.92 Å². The van der Waals surface area contributed by atoms with Gasteiger partial charge >= 0.3 is 6.36 Å². The van der Waals surface area contributed by atoms with E-state index in [1.54, 1.807) is 6.07 Å². The summed E-state index contributed by atoms with van der Waals surface area (Å²) in [7, 11) is 0. The Labute approximate surface area is 186 Å². The molecule has 1 aromatic carbocycles. The Hall–Kier alpha value is -2.29. The van der Waals surface area contributed by atoms with E-state index >= 15 is 0 Å². The minimum atomic E-state index is -4.75. The fourth-order valence-corrected chi connectivity index (χ4v) is 4.69. The van der Waals surface area contributed by atoms with Crippen molar-refractivity contribution in [2.24, 2.45) is 17.6 Å². The number of rotatable bonds is 7. The van der Waals surface area contributed by atoms with Gasteiger partial charge in [0.2, 0.25) is 11.8 Å². The molecule has 6 nitrogen and oxygen atoms in total. The average molecular weight is 456 g/mol. The molecule has 1 aromatic rings. The molecule has 0 unspecified atom stereocenters. The highest BCUT2D eigenvalue weighted by Crippen LogP contribution is 2.29. The number of carbonyl (C=O) groups excluding carboxylic acids is 2. The molecule has 0 spiro atoms. The normalized spacial score (nSPS) is 26.2. The third-order valence-electron chi connectivity index (χ3n) is 6.45. The van der Waals surface area contributed by atoms with Gasteiger partial charge in [0.25, 0.3) is 0 Å². The molecule has 2 aliphatic carbocycles. The number of amides is 2. The first-order valence-corrected chi connectivity index (χ1v) is 11.4. The quantitative estimate of drug-likeness (QED) is 0.583. The van der Waals surface area contributed by atoms with Gasteiger partial charge in [0.1, 0.15) is 5.75 Å². The number of alkyl halides is 3. The van der Waals surface area contributed by atoms with E-state index in [-0.39, 0.29) is 48.0 Å². The highest BCUT2D eigenvalue weighted by atomic mass is 19.4. The second-order valence-electron chi connectivity index (χ2n) is 8.96. The van der Waals surface area contributed by atoms with Gasteiger partial charge in [-0.15, -0.1) is 13.2 Å². The van der Waals surface area contributed by atoms with Crippen LogP contribution in [0.2, 0.25) is 0 Å². The van der Waals surface area contributed by atoms with Gasteiger partial charge in [0.15, 0.2) is 0 Å². The third-order valence-corrected chi connectivity index (χ3v) is 6.45. The van der Waals surface area contributed by atoms with Crippen LogP contribution in [0.1, 0.15) is 63.4 Å². The topological polar surface area (TPSA) is 93.5 Å². The van der Waals surface area contributed by atoms with Crippen LogP contribution in [0.15, 0.2) is 24.3 Å². The van der Waals surface area contributed by atoms with Crippen LogP contribution in [0.3, 0.4) is 0 Å². The first kappa shape index (κ1) is 24.4. The Kier molecular flexibility index (Phi) is 8.39. The van der Waals surface area contributed by atoms with Crippen molar-refractivity contribution in [1.29, 1.82) is 0 Å². The summed E-state index contributed by atoms with van der Waals surface area (Å²) in [6.45, 7) is 0.140. The monoisotopic (exact) mass is 455 g/mol. The zero-order valence-corrected chi connectivity index (χ0v) is 18.1. The van der Waals surface area contributed by atoms with E-state index in [1.807, 2.05) is 0 Å². The summed E-state index contributed by atoms with van der Waals surface area (Å²) in [4.78, 5) is 24.8. The molecule has 3 rings (SSSR count). The van der Waals surface area contributed by atoms with Crippen LogP contribution in [0.25, 0.3) is 0 Å². The van der Waals surface area contributed by atoms with Gasteiger partial charge in [-0.05, 0) is 62.1 Å². The molecule has 4 N–H and O–H groups in total. The van der Waals surface area contributed by atoms with E-state index < -0.39 is 6.36 Å². The van der Waals surface area contributed by atoms with Gasteiger partial charge in [-0.2, -0.15) is 0 Å². The lowest BCUT2D eigenvalue weighted by molar-refractivity contribution is -0.274. The van der Waals surface area contributed by atoms with Gasteiger partial charge in [-0.25, -0.2) is 0 Å². The second-order valence-corrected chi connectivity index (χ2v) is 8.96. The highest BCUT2D eigenvalue weighted by Gasteiger charge is 2.32. The Balaban J connectivity index is 1.36. The number of halogens is 3. The fourth-order valence-electron chi connectivity index (χ4n) is 4.69. The van der Waals surface area contributed by atoms with Crippen molar-refractivity contribution < 1.29 is 27.5 Å². The maximum Gasteiger partial charge on any atom is 0.573 e. The van der Waals surface area contributed by atoms with E-state index in [2.05, 4.69) is 15.4 Å². The van der Waals surface area contributed by atoms with Crippen LogP contribution in [0.4, 0.5) is 13.2 Å². The summed E-state index contributed by atoms with van der Waals surface area (Å²) in [5.41, 5.74) is 6.64. The molecular weight excluding hydrogens is 423 g/mol. The molecule has 178 valence electrons. The summed E-state index contributed by atoms with van der Waals surface area (Å²) < 4.78 is 40.9. The molecule has 0 bridgehead atoms. The van der Waals surface area contributed by atoms with Crippen molar-refractivity contribution in [3.05, 3.63) is 29.8 Å². The minimum Gasteiger partial charge on any atom is -0.406 e. The molecule has 2 atom stereocenters. The predicted octanol–water partition coefficient (Wildman–Crippen LogP) is 3.78. The average Bonchev–Trinajstić information content (AvgIpc) is 2.73. The molecule has 32 heavy (non-hydrogen) atoms. The zero-order chi connectivity index (χ0) is 23.1. The van der Waals surface area contributed by atoms with Gasteiger partial charge in [-0.1, -0.05) is 25.0 Å². The van der Waals surface area contributed by atoms with Crippen LogP contribution in [0, 0.1) is 11.8 Å². The molecule has 2 aliphatic rings. The van der Waals surface area contributed by atoms with Crippen molar-refractivity contribution in [1.82, 2.24) is 10.6 Å². The van der Waals surface area contributed by atoms with E-state index in [9.17, 15) is 22.8 Å². The summed E-state index contributed by atoms with van der Waals surface area (Å²) in [6, 6.07) is 5.66. The molecular formula is C23H32F3N3O3. The predicted molar refractivity (Wildman–Crippen MR) is 113 cm³/mol. The smallest absolute Gasteiger partial charge is 0.406 e. The number of benzene rings is 1. The maximum atomic E-state index is 12.5. The van der Waals surface area contributed by atoms with Gasteiger partial charge in [-0.3, -0.25) is 9.59 Å². The fraction of sp³-hybridized carbons (Fsp3) is 0.652. The van der Waals surface area contributed by atoms with Crippen LogP contribution in [-0.2, 0) is 16.1 Å². The number of carbonyl (C=O) groups is 2. The number of nitrogens with one attached hydrogen (secondary N) is 2. The SMILES string of the molecule is N[C@@H]1CCCC[C@@H]1C(=O)NC1CCC(CC(=O)NCc2cccc(OC(F)(F)F)c2)CC1. The Bertz CT molecular complexity index is 779. The van der Waals surface area contributed by atoms with Crippen LogP contribution >= 0.6 is 0 Å². The third kappa shape index (κ3) is 7.69. The number of hydrogen-bond acceptors (Lipinski definition) is 4. The first-order valence-electron chi connectivity index (χ1n) is 11.4. The van der Waals surface area contributed by atoms with Gasteiger partial charge < -0.3 is 21.1 Å². The Morgan fingerprint density at radius 1 is 1.06 bits per heavy atom. The molecule has 0 aromatic heterocycles. The molecule has 0 radical (unpaired) electrons. The number of nitrogens with two attached hydrogens (primary N) is 1. The van der Waals surface area contributed by atoms with Crippen LogP contribution < -0.4 is 21.1 Å². The van der Waals surface area contributed by atoms with E-state index in [0.29, 0.717) is 12.0 Å². The molecule has 2 fully saturated rings. The lowest BCUT2D eigenvalue weighted by atomic mass is 9.82. The van der Waals surface area contributed by atoms with Crippen LogP contribution in [-0.4, -0.2) is 30.3 Å². The van der Waals surface area contributed by atoms with Crippen molar-refractivity contribution in [2.75, 3.05) is 0 Å². The van der Waals surface area contributed by atoms with Crippen LogP contribution in [0.5, 0.6) is 5.75 Å². The van der Waals surface area contributed by atoms with E-state index in [1.165, 1.54) is 18.2 Å². The molecule has 2 saturated carbocycles. The van der Waals surface area contributed by atoms with Crippen molar-refractivity contribution in [3.63, 3.8) is 0 Å². The molecule has 9 heteroatoms. The Morgan fingerprint density at radius 3 is 2.47 bits per heavy atom.